The Morgan fingerprint density at radius 3 is 2.41 bits per heavy atom. The van der Waals surface area contributed by atoms with Crippen molar-refractivity contribution in [3.8, 4) is 5.75 Å². The number of pyridine rings is 1. The molecule has 0 aliphatic heterocycles. The maximum absolute atomic E-state index is 12.5. The summed E-state index contributed by atoms with van der Waals surface area (Å²) in [5, 5.41) is 5.96. The lowest BCUT2D eigenvalue weighted by Gasteiger charge is -2.11. The van der Waals surface area contributed by atoms with Crippen LogP contribution in [0.15, 0.2) is 66.9 Å². The Morgan fingerprint density at radius 2 is 1.70 bits per heavy atom. The van der Waals surface area contributed by atoms with Gasteiger partial charge in [-0.15, -0.1) is 0 Å². The molecule has 27 heavy (non-hydrogen) atoms. The number of ether oxygens (including phenoxy) is 1. The van der Waals surface area contributed by atoms with Gasteiger partial charge in [0, 0.05) is 23.0 Å². The highest BCUT2D eigenvalue weighted by molar-refractivity contribution is 6.05. The van der Waals surface area contributed by atoms with Gasteiger partial charge in [-0.3, -0.25) is 9.59 Å². The van der Waals surface area contributed by atoms with Crippen LogP contribution in [0.1, 0.15) is 27.6 Å². The summed E-state index contributed by atoms with van der Waals surface area (Å²) in [5.41, 5.74) is 2.46. The molecule has 3 rings (SSSR count). The lowest BCUT2D eigenvalue weighted by Crippen LogP contribution is -2.13. The molecule has 1 aromatic heterocycles. The second-order valence-corrected chi connectivity index (χ2v) is 5.84. The number of aromatic nitrogens is 1. The van der Waals surface area contributed by atoms with E-state index in [4.69, 9.17) is 4.74 Å². The monoisotopic (exact) mass is 361 g/mol. The van der Waals surface area contributed by atoms with Crippen LogP contribution >= 0.6 is 0 Å². The Hall–Kier alpha value is -3.67. The van der Waals surface area contributed by atoms with Crippen LogP contribution in [0.4, 0.5) is 17.2 Å². The van der Waals surface area contributed by atoms with E-state index in [0.717, 1.165) is 5.69 Å². The molecule has 0 saturated heterocycles. The molecule has 0 unspecified atom stereocenters. The number of Topliss-reactive ketones (excluding diaryl/α,β-unsaturated/α-hetero) is 1. The van der Waals surface area contributed by atoms with Gasteiger partial charge in [0.1, 0.15) is 11.6 Å². The molecule has 136 valence electrons. The first kappa shape index (κ1) is 18.1. The zero-order valence-electron chi connectivity index (χ0n) is 15.0. The molecule has 0 bridgehead atoms. The third kappa shape index (κ3) is 4.49. The quantitative estimate of drug-likeness (QED) is 0.640. The molecule has 0 aliphatic rings. The molecule has 0 atom stereocenters. The van der Waals surface area contributed by atoms with Crippen LogP contribution in [0.2, 0.25) is 0 Å². The number of rotatable bonds is 6. The predicted octanol–water partition coefficient (Wildman–Crippen LogP) is 4.29. The van der Waals surface area contributed by atoms with Crippen LogP contribution in [0, 0.1) is 0 Å². The van der Waals surface area contributed by atoms with E-state index in [-0.39, 0.29) is 11.7 Å². The number of methoxy groups -OCH3 is 1. The molecule has 0 aliphatic carbocycles. The number of para-hydroxylation sites is 2. The number of carbonyl (C=O) groups excluding carboxylic acids is 2. The molecular formula is C21H19N3O3. The van der Waals surface area contributed by atoms with E-state index in [2.05, 4.69) is 15.6 Å². The van der Waals surface area contributed by atoms with Gasteiger partial charge >= 0.3 is 0 Å². The number of nitrogens with one attached hydrogen (secondary N) is 2. The van der Waals surface area contributed by atoms with Gasteiger partial charge in [-0.25, -0.2) is 4.98 Å². The number of benzene rings is 2. The van der Waals surface area contributed by atoms with Crippen molar-refractivity contribution in [2.75, 3.05) is 17.7 Å². The molecule has 1 amide bonds. The second kappa shape index (κ2) is 8.14. The molecule has 0 radical (unpaired) electrons. The first-order valence-electron chi connectivity index (χ1n) is 8.35. The Bertz CT molecular complexity index is 968. The predicted molar refractivity (Wildman–Crippen MR) is 105 cm³/mol. The normalized spacial score (nSPS) is 10.1. The molecule has 0 fully saturated rings. The van der Waals surface area contributed by atoms with Gasteiger partial charge in [0.2, 0.25) is 0 Å². The summed E-state index contributed by atoms with van der Waals surface area (Å²) in [7, 11) is 1.55. The van der Waals surface area contributed by atoms with Crippen LogP contribution < -0.4 is 15.4 Å². The van der Waals surface area contributed by atoms with E-state index < -0.39 is 0 Å². The number of hydrogen-bond donors (Lipinski definition) is 2. The topological polar surface area (TPSA) is 80.3 Å². The summed E-state index contributed by atoms with van der Waals surface area (Å²) < 4.78 is 5.25. The first-order chi connectivity index (χ1) is 13.1. The van der Waals surface area contributed by atoms with Gasteiger partial charge in [-0.2, -0.15) is 0 Å². The largest absolute Gasteiger partial charge is 0.495 e. The molecular weight excluding hydrogens is 342 g/mol. The standard InChI is InChI=1S/C21H19N3O3/c1-14(25)15-7-9-17(10-8-15)23-20-13-16(11-12-22-20)21(26)24-18-5-3-4-6-19(18)27-2/h3-13H,1-2H3,(H,22,23)(H,24,26). The fraction of sp³-hybridized carbons (Fsp3) is 0.0952. The minimum Gasteiger partial charge on any atom is -0.495 e. The van der Waals surface area contributed by atoms with Gasteiger partial charge in [0.05, 0.1) is 12.8 Å². The molecule has 3 aromatic rings. The van der Waals surface area contributed by atoms with Crippen molar-refractivity contribution >= 4 is 28.9 Å². The van der Waals surface area contributed by atoms with E-state index in [1.165, 1.54) is 6.92 Å². The van der Waals surface area contributed by atoms with E-state index in [9.17, 15) is 9.59 Å². The van der Waals surface area contributed by atoms with Crippen molar-refractivity contribution in [3.63, 3.8) is 0 Å². The summed E-state index contributed by atoms with van der Waals surface area (Å²) in [5.74, 6) is 0.855. The van der Waals surface area contributed by atoms with Gasteiger partial charge < -0.3 is 15.4 Å². The molecule has 0 spiro atoms. The number of carbonyl (C=O) groups is 2. The maximum Gasteiger partial charge on any atom is 0.255 e. The van der Waals surface area contributed by atoms with Crippen LogP contribution in [0.3, 0.4) is 0 Å². The van der Waals surface area contributed by atoms with Crippen molar-refractivity contribution in [1.29, 1.82) is 0 Å². The fourth-order valence-electron chi connectivity index (χ4n) is 2.52. The van der Waals surface area contributed by atoms with E-state index in [1.54, 1.807) is 61.8 Å². The zero-order valence-corrected chi connectivity index (χ0v) is 15.0. The maximum atomic E-state index is 12.5. The molecule has 1 heterocycles. The van der Waals surface area contributed by atoms with Crippen LogP contribution in [0.5, 0.6) is 5.75 Å². The van der Waals surface area contributed by atoms with Crippen molar-refractivity contribution in [2.24, 2.45) is 0 Å². The highest BCUT2D eigenvalue weighted by Gasteiger charge is 2.10. The molecule has 2 N–H and O–H groups in total. The molecule has 2 aromatic carbocycles. The highest BCUT2D eigenvalue weighted by atomic mass is 16.5. The second-order valence-electron chi connectivity index (χ2n) is 5.84. The van der Waals surface area contributed by atoms with Crippen molar-refractivity contribution < 1.29 is 14.3 Å². The summed E-state index contributed by atoms with van der Waals surface area (Å²) in [6.07, 6.45) is 1.56. The Labute approximate surface area is 157 Å². The van der Waals surface area contributed by atoms with Crippen molar-refractivity contribution in [2.45, 2.75) is 6.92 Å². The Kier molecular flexibility index (Phi) is 5.47. The van der Waals surface area contributed by atoms with E-state index in [0.29, 0.717) is 28.4 Å². The SMILES string of the molecule is COc1ccccc1NC(=O)c1ccnc(Nc2ccc(C(C)=O)cc2)c1. The average Bonchev–Trinajstić information content (AvgIpc) is 2.69. The molecule has 6 heteroatoms. The number of nitrogens with zero attached hydrogens (tertiary/aromatic N) is 1. The summed E-state index contributed by atoms with van der Waals surface area (Å²) in [4.78, 5) is 28.1. The van der Waals surface area contributed by atoms with Crippen molar-refractivity contribution in [1.82, 2.24) is 4.98 Å². The van der Waals surface area contributed by atoms with Gasteiger partial charge in [-0.1, -0.05) is 12.1 Å². The fourth-order valence-corrected chi connectivity index (χ4v) is 2.52. The van der Waals surface area contributed by atoms with Crippen molar-refractivity contribution in [3.05, 3.63) is 78.0 Å². The molecule has 0 saturated carbocycles. The first-order valence-corrected chi connectivity index (χ1v) is 8.35. The van der Waals surface area contributed by atoms with Gasteiger partial charge in [0.25, 0.3) is 5.91 Å². The number of anilines is 3. The van der Waals surface area contributed by atoms with E-state index in [1.807, 2.05) is 12.1 Å². The third-order valence-electron chi connectivity index (χ3n) is 3.94. The van der Waals surface area contributed by atoms with Crippen LogP contribution in [0.25, 0.3) is 0 Å². The highest BCUT2D eigenvalue weighted by Crippen LogP contribution is 2.24. The minimum absolute atomic E-state index is 0.00897. The lowest BCUT2D eigenvalue weighted by molar-refractivity contribution is 0.101. The Morgan fingerprint density at radius 1 is 0.963 bits per heavy atom. The van der Waals surface area contributed by atoms with Gasteiger partial charge in [0.15, 0.2) is 5.78 Å². The number of ketones is 1. The summed E-state index contributed by atoms with van der Waals surface area (Å²) >= 11 is 0. The van der Waals surface area contributed by atoms with Gasteiger partial charge in [-0.05, 0) is 55.5 Å². The minimum atomic E-state index is -0.267. The summed E-state index contributed by atoms with van der Waals surface area (Å²) in [6, 6.07) is 17.6. The van der Waals surface area contributed by atoms with Crippen LogP contribution in [-0.4, -0.2) is 23.8 Å². The zero-order chi connectivity index (χ0) is 19.2. The summed E-state index contributed by atoms with van der Waals surface area (Å²) in [6.45, 7) is 1.52. The Balaban J connectivity index is 1.74. The van der Waals surface area contributed by atoms with Crippen LogP contribution in [-0.2, 0) is 0 Å². The number of hydrogen-bond acceptors (Lipinski definition) is 5. The smallest absolute Gasteiger partial charge is 0.255 e. The average molecular weight is 361 g/mol. The third-order valence-corrected chi connectivity index (χ3v) is 3.94. The number of amides is 1. The lowest BCUT2D eigenvalue weighted by atomic mass is 10.1. The molecule has 6 nitrogen and oxygen atoms in total. The van der Waals surface area contributed by atoms with E-state index >= 15 is 0 Å².